The molecule has 0 N–H and O–H groups in total. The molecule has 26 heavy (non-hydrogen) atoms. The van der Waals surface area contributed by atoms with Crippen molar-refractivity contribution >= 4 is 6.85 Å². The highest BCUT2D eigenvalue weighted by molar-refractivity contribution is 6.60. The van der Waals surface area contributed by atoms with E-state index in [-0.39, 0.29) is 0 Å². The van der Waals surface area contributed by atoms with Crippen LogP contribution >= 0.6 is 0 Å². The second-order valence-electron chi connectivity index (χ2n) is 12.6. The largest absolute Gasteiger partial charge is 0.274 e. The molecule has 2 nitrogen and oxygen atoms in total. The van der Waals surface area contributed by atoms with Gasteiger partial charge in [0.05, 0.1) is 0 Å². The second-order valence-corrected chi connectivity index (χ2v) is 12.6. The van der Waals surface area contributed by atoms with Gasteiger partial charge in [-0.2, -0.15) is 0 Å². The Kier molecular flexibility index (Phi) is 2.70. The Hall–Kier alpha value is -0.0151. The minimum atomic E-state index is 0.432. The summed E-state index contributed by atoms with van der Waals surface area (Å²) in [5.41, 5.74) is 1.35. The van der Waals surface area contributed by atoms with Crippen LogP contribution in [-0.2, 0) is 0 Å². The van der Waals surface area contributed by atoms with E-state index in [1.165, 1.54) is 51.4 Å². The molecule has 8 aliphatic rings. The van der Waals surface area contributed by atoms with Crippen molar-refractivity contribution in [1.82, 2.24) is 9.93 Å². The van der Waals surface area contributed by atoms with E-state index in [0.717, 1.165) is 48.2 Å². The Bertz CT molecular complexity index is 663. The highest BCUT2D eigenvalue weighted by Gasteiger charge is 2.83. The van der Waals surface area contributed by atoms with Crippen LogP contribution in [0.15, 0.2) is 0 Å². The van der Waals surface area contributed by atoms with Crippen LogP contribution in [0.1, 0.15) is 85.5 Å². The highest BCUT2D eigenvalue weighted by atomic mass is 15.7. The molecule has 3 aliphatic carbocycles. The number of hydrogen-bond acceptors (Lipinski definition) is 2. The van der Waals surface area contributed by atoms with Crippen LogP contribution in [0.5, 0.6) is 0 Å². The van der Waals surface area contributed by atoms with E-state index in [1.54, 1.807) is 6.42 Å². The Balaban J connectivity index is 1.44. The molecule has 142 valence electrons. The van der Waals surface area contributed by atoms with Crippen LogP contribution in [0.2, 0.25) is 11.6 Å². The number of rotatable bonds is 1. The molecular formula is C23H37BN2. The van der Waals surface area contributed by atoms with Gasteiger partial charge in [-0.1, -0.05) is 52.4 Å². The lowest BCUT2D eigenvalue weighted by Crippen LogP contribution is -2.82. The van der Waals surface area contributed by atoms with Gasteiger partial charge in [0.15, 0.2) is 0 Å². The first-order valence-electron chi connectivity index (χ1n) is 12.0. The Morgan fingerprint density at radius 1 is 0.846 bits per heavy atom. The number of hydrogen-bond donors (Lipinski definition) is 0. The predicted octanol–water partition coefficient (Wildman–Crippen LogP) is 5.22. The molecule has 0 amide bonds. The summed E-state index contributed by atoms with van der Waals surface area (Å²) in [5, 5.41) is 3.14. The van der Waals surface area contributed by atoms with Gasteiger partial charge in [-0.05, 0) is 73.8 Å². The van der Waals surface area contributed by atoms with Crippen LogP contribution in [0.4, 0.5) is 0 Å². The molecule has 5 heterocycles. The van der Waals surface area contributed by atoms with Gasteiger partial charge in [-0.3, -0.25) is 4.92 Å². The third-order valence-corrected chi connectivity index (χ3v) is 11.6. The lowest BCUT2D eigenvalue weighted by Gasteiger charge is -2.74. The Morgan fingerprint density at radius 2 is 1.54 bits per heavy atom. The Labute approximate surface area is 160 Å². The molecule has 3 heteroatoms. The molecule has 0 radical (unpaired) electrons. The zero-order chi connectivity index (χ0) is 17.6. The summed E-state index contributed by atoms with van der Waals surface area (Å²) >= 11 is 0. The van der Waals surface area contributed by atoms with E-state index in [1.807, 2.05) is 0 Å². The number of fused-ring (bicyclic) bond motifs is 5. The maximum Gasteiger partial charge on any atom is 0.248 e. The number of hydrazine groups is 1. The molecule has 0 aromatic carbocycles. The lowest BCUT2D eigenvalue weighted by molar-refractivity contribution is -0.264. The lowest BCUT2D eigenvalue weighted by atomic mass is 9.40. The molecule has 0 spiro atoms. The first-order chi connectivity index (χ1) is 12.4. The quantitative estimate of drug-likeness (QED) is 0.597. The van der Waals surface area contributed by atoms with Gasteiger partial charge in [0.2, 0.25) is 6.85 Å². The van der Waals surface area contributed by atoms with Crippen molar-refractivity contribution in [2.24, 2.45) is 29.1 Å². The van der Waals surface area contributed by atoms with Crippen LogP contribution < -0.4 is 0 Å². The summed E-state index contributed by atoms with van der Waals surface area (Å²) < 4.78 is 0. The molecule has 8 rings (SSSR count). The summed E-state index contributed by atoms with van der Waals surface area (Å²) in [4.78, 5) is 3.18. The van der Waals surface area contributed by atoms with E-state index < -0.39 is 0 Å². The summed E-state index contributed by atoms with van der Waals surface area (Å²) in [5.74, 6) is 6.08. The zero-order valence-electron chi connectivity index (χ0n) is 17.4. The first kappa shape index (κ1) is 15.9. The fourth-order valence-electron chi connectivity index (χ4n) is 11.1. The van der Waals surface area contributed by atoms with Gasteiger partial charge in [0.25, 0.3) is 0 Å². The zero-order valence-corrected chi connectivity index (χ0v) is 17.4. The molecule has 4 unspecified atom stereocenters. The van der Waals surface area contributed by atoms with Crippen molar-refractivity contribution < 1.29 is 0 Å². The molecular weight excluding hydrogens is 315 g/mol. The van der Waals surface area contributed by atoms with Crippen LogP contribution in [0, 0.1) is 29.1 Å². The van der Waals surface area contributed by atoms with E-state index in [0.29, 0.717) is 16.5 Å². The molecule has 8 bridgehead atoms. The van der Waals surface area contributed by atoms with Crippen molar-refractivity contribution in [2.45, 2.75) is 114 Å². The minimum Gasteiger partial charge on any atom is -0.274 e. The van der Waals surface area contributed by atoms with Gasteiger partial charge in [-0.15, -0.1) is 0 Å². The molecule has 0 aromatic heterocycles. The van der Waals surface area contributed by atoms with Crippen molar-refractivity contribution in [2.75, 3.05) is 0 Å². The molecule has 5 aliphatic heterocycles. The van der Waals surface area contributed by atoms with Gasteiger partial charge < -0.3 is 0 Å². The van der Waals surface area contributed by atoms with Crippen LogP contribution in [0.3, 0.4) is 0 Å². The Morgan fingerprint density at radius 3 is 2.23 bits per heavy atom. The van der Waals surface area contributed by atoms with Crippen molar-refractivity contribution in [1.29, 1.82) is 0 Å². The summed E-state index contributed by atoms with van der Waals surface area (Å²) in [6.45, 7) is 11.6. The van der Waals surface area contributed by atoms with E-state index in [2.05, 4.69) is 37.6 Å². The highest BCUT2D eigenvalue weighted by Crippen LogP contribution is 2.79. The standard InChI is InChI=1S/C23H37BN2/c1-21(2)13-22(3)19-14-11-17-18(12-14)25(23(21,4)20(17)19)26(22)24-15-7-5-6-8-16(24)10-9-15/h14-20H,5-13H2,1-4H3/t14-,15?,16?,17+,18-,19+,20-,22?,23+/m0/s1. The van der Waals surface area contributed by atoms with E-state index >= 15 is 0 Å². The predicted molar refractivity (Wildman–Crippen MR) is 107 cm³/mol. The fourth-order valence-corrected chi connectivity index (χ4v) is 11.1. The van der Waals surface area contributed by atoms with Gasteiger partial charge in [-0.25, -0.2) is 5.01 Å². The van der Waals surface area contributed by atoms with Gasteiger partial charge >= 0.3 is 0 Å². The monoisotopic (exact) mass is 352 g/mol. The molecule has 3 saturated carbocycles. The normalized spacial score (nSPS) is 63.9. The molecule has 10 atom stereocenters. The minimum absolute atomic E-state index is 0.432. The van der Waals surface area contributed by atoms with E-state index in [4.69, 9.17) is 0 Å². The molecule has 5 saturated heterocycles. The molecule has 8 fully saturated rings. The van der Waals surface area contributed by atoms with Crippen molar-refractivity contribution in [3.8, 4) is 0 Å². The first-order valence-corrected chi connectivity index (χ1v) is 12.0. The van der Waals surface area contributed by atoms with Crippen LogP contribution in [-0.4, -0.2) is 33.9 Å². The van der Waals surface area contributed by atoms with Gasteiger partial charge in [0.1, 0.15) is 0 Å². The van der Waals surface area contributed by atoms with Crippen molar-refractivity contribution in [3.63, 3.8) is 0 Å². The summed E-state index contributed by atoms with van der Waals surface area (Å²) in [7, 11) is 0. The maximum atomic E-state index is 3.18. The van der Waals surface area contributed by atoms with Gasteiger partial charge in [0, 0.05) is 17.1 Å². The summed E-state index contributed by atoms with van der Waals surface area (Å²) in [6, 6.07) is 0.898. The third-order valence-electron chi connectivity index (χ3n) is 11.6. The van der Waals surface area contributed by atoms with Crippen LogP contribution in [0.25, 0.3) is 0 Å². The van der Waals surface area contributed by atoms with E-state index in [9.17, 15) is 0 Å². The second kappa shape index (κ2) is 4.43. The average molecular weight is 352 g/mol. The van der Waals surface area contributed by atoms with Crippen molar-refractivity contribution in [3.05, 3.63) is 0 Å². The average Bonchev–Trinajstić information content (AvgIpc) is 3.20. The fraction of sp³-hybridized carbons (Fsp3) is 1.00. The maximum absolute atomic E-state index is 3.18. The number of nitrogens with zero attached hydrogens (tertiary/aromatic N) is 2. The third kappa shape index (κ3) is 1.40. The molecule has 0 aromatic rings. The topological polar surface area (TPSA) is 6.48 Å². The SMILES string of the molecule is CC12CC(C)(C)[C@@]3(C)[C@H]4[C@@H]5C[C@@H](C[C@@H]5N3N1B1C3CCCCC1CC3)[C@H]42. The summed E-state index contributed by atoms with van der Waals surface area (Å²) in [6.07, 6.45) is 13.7. The smallest absolute Gasteiger partial charge is 0.248 e.